The molecule has 0 amide bonds. The molecular formula is C15H21NO2. The minimum Gasteiger partial charge on any atom is -0.478 e. The van der Waals surface area contributed by atoms with Crippen molar-refractivity contribution in [3.05, 3.63) is 35.4 Å². The van der Waals surface area contributed by atoms with E-state index in [4.69, 9.17) is 5.11 Å². The normalized spacial score (nSPS) is 20.2. The average molecular weight is 247 g/mol. The summed E-state index contributed by atoms with van der Waals surface area (Å²) < 4.78 is 0. The van der Waals surface area contributed by atoms with Gasteiger partial charge in [-0.1, -0.05) is 25.5 Å². The van der Waals surface area contributed by atoms with E-state index in [-0.39, 0.29) is 0 Å². The Hall–Kier alpha value is -1.35. The van der Waals surface area contributed by atoms with Crippen molar-refractivity contribution in [1.29, 1.82) is 0 Å². The highest BCUT2D eigenvalue weighted by Crippen LogP contribution is 2.22. The number of carboxylic acid groups (broad SMARTS) is 1. The molecule has 18 heavy (non-hydrogen) atoms. The van der Waals surface area contributed by atoms with E-state index in [1.54, 1.807) is 12.1 Å². The van der Waals surface area contributed by atoms with Crippen LogP contribution in [0, 0.1) is 5.92 Å². The molecule has 3 heteroatoms. The summed E-state index contributed by atoms with van der Waals surface area (Å²) in [6.45, 7) is 5.55. The van der Waals surface area contributed by atoms with Gasteiger partial charge in [-0.25, -0.2) is 4.79 Å². The van der Waals surface area contributed by atoms with E-state index in [1.165, 1.54) is 37.9 Å². The first kappa shape index (κ1) is 13.1. The standard InChI is InChI=1S/C15H21NO2/c1-2-3-12-8-9-16(10-12)11-13-4-6-14(7-5-13)15(17)18/h4-7,12H,2-3,8-11H2,1H3,(H,17,18). The van der Waals surface area contributed by atoms with E-state index in [9.17, 15) is 4.79 Å². The van der Waals surface area contributed by atoms with Gasteiger partial charge in [0.2, 0.25) is 0 Å². The Balaban J connectivity index is 1.88. The Morgan fingerprint density at radius 1 is 1.39 bits per heavy atom. The molecule has 0 spiro atoms. The molecule has 1 N–H and O–H groups in total. The smallest absolute Gasteiger partial charge is 0.335 e. The SMILES string of the molecule is CCCC1CCN(Cc2ccc(C(=O)O)cc2)C1. The lowest BCUT2D eigenvalue weighted by atomic mass is 10.0. The summed E-state index contributed by atoms with van der Waals surface area (Å²) in [5, 5.41) is 8.84. The molecule has 0 bridgehead atoms. The van der Waals surface area contributed by atoms with Gasteiger partial charge in [-0.05, 0) is 43.0 Å². The molecule has 98 valence electrons. The molecule has 1 saturated heterocycles. The first-order valence-corrected chi connectivity index (χ1v) is 6.73. The molecule has 1 unspecified atom stereocenters. The maximum atomic E-state index is 10.8. The van der Waals surface area contributed by atoms with Gasteiger partial charge in [-0.2, -0.15) is 0 Å². The lowest BCUT2D eigenvalue weighted by Gasteiger charge is -2.16. The number of hydrogen-bond acceptors (Lipinski definition) is 2. The van der Waals surface area contributed by atoms with Crippen LogP contribution in [0.15, 0.2) is 24.3 Å². The molecule has 0 aromatic heterocycles. The highest BCUT2D eigenvalue weighted by atomic mass is 16.4. The monoisotopic (exact) mass is 247 g/mol. The second-order valence-corrected chi connectivity index (χ2v) is 5.18. The fraction of sp³-hybridized carbons (Fsp3) is 0.533. The summed E-state index contributed by atoms with van der Waals surface area (Å²) in [6.07, 6.45) is 3.90. The van der Waals surface area contributed by atoms with Crippen LogP contribution >= 0.6 is 0 Å². The summed E-state index contributed by atoms with van der Waals surface area (Å²) in [6, 6.07) is 7.24. The zero-order chi connectivity index (χ0) is 13.0. The number of carboxylic acids is 1. The van der Waals surface area contributed by atoms with E-state index >= 15 is 0 Å². The Morgan fingerprint density at radius 2 is 2.11 bits per heavy atom. The van der Waals surface area contributed by atoms with E-state index in [2.05, 4.69) is 11.8 Å². The molecule has 0 aliphatic carbocycles. The van der Waals surface area contributed by atoms with Crippen molar-refractivity contribution in [3.8, 4) is 0 Å². The molecule has 0 radical (unpaired) electrons. The zero-order valence-corrected chi connectivity index (χ0v) is 10.9. The van der Waals surface area contributed by atoms with Crippen molar-refractivity contribution >= 4 is 5.97 Å². The van der Waals surface area contributed by atoms with Crippen LogP contribution in [0.5, 0.6) is 0 Å². The van der Waals surface area contributed by atoms with Crippen molar-refractivity contribution in [2.45, 2.75) is 32.7 Å². The van der Waals surface area contributed by atoms with Gasteiger partial charge in [0, 0.05) is 13.1 Å². The van der Waals surface area contributed by atoms with Crippen molar-refractivity contribution in [2.24, 2.45) is 5.92 Å². The van der Waals surface area contributed by atoms with Crippen LogP contribution in [0.3, 0.4) is 0 Å². The van der Waals surface area contributed by atoms with Gasteiger partial charge in [-0.15, -0.1) is 0 Å². The Kier molecular flexibility index (Phi) is 4.37. The topological polar surface area (TPSA) is 40.5 Å². The molecule has 3 nitrogen and oxygen atoms in total. The predicted molar refractivity (Wildman–Crippen MR) is 71.7 cm³/mol. The second-order valence-electron chi connectivity index (χ2n) is 5.18. The Bertz CT molecular complexity index is 399. The molecular weight excluding hydrogens is 226 g/mol. The molecule has 1 heterocycles. The van der Waals surface area contributed by atoms with Gasteiger partial charge >= 0.3 is 5.97 Å². The summed E-state index contributed by atoms with van der Waals surface area (Å²) in [5.74, 6) is -0.000903. The molecule has 1 aromatic carbocycles. The summed E-state index contributed by atoms with van der Waals surface area (Å²) in [7, 11) is 0. The highest BCUT2D eigenvalue weighted by Gasteiger charge is 2.21. The third-order valence-electron chi connectivity index (χ3n) is 3.67. The third-order valence-corrected chi connectivity index (χ3v) is 3.67. The number of likely N-dealkylation sites (tertiary alicyclic amines) is 1. The third kappa shape index (κ3) is 3.33. The van der Waals surface area contributed by atoms with Crippen LogP contribution in [0.4, 0.5) is 0 Å². The molecule has 0 saturated carbocycles. The fourth-order valence-corrected chi connectivity index (χ4v) is 2.71. The lowest BCUT2D eigenvalue weighted by Crippen LogP contribution is -2.20. The minimum atomic E-state index is -0.856. The molecule has 1 fully saturated rings. The van der Waals surface area contributed by atoms with Gasteiger partial charge in [-0.3, -0.25) is 4.90 Å². The second kappa shape index (κ2) is 6.01. The molecule has 1 aliphatic rings. The van der Waals surface area contributed by atoms with Crippen LogP contribution in [0.2, 0.25) is 0 Å². The van der Waals surface area contributed by atoms with E-state index in [0.29, 0.717) is 5.56 Å². The number of aromatic carboxylic acids is 1. The number of nitrogens with zero attached hydrogens (tertiary/aromatic N) is 1. The van der Waals surface area contributed by atoms with Crippen molar-refractivity contribution in [2.75, 3.05) is 13.1 Å². The first-order valence-electron chi connectivity index (χ1n) is 6.73. The molecule has 2 rings (SSSR count). The number of benzene rings is 1. The Morgan fingerprint density at radius 3 is 2.72 bits per heavy atom. The first-order chi connectivity index (χ1) is 8.69. The van der Waals surface area contributed by atoms with Crippen molar-refractivity contribution < 1.29 is 9.90 Å². The quantitative estimate of drug-likeness (QED) is 0.869. The van der Waals surface area contributed by atoms with Crippen molar-refractivity contribution in [3.63, 3.8) is 0 Å². The number of carbonyl (C=O) groups is 1. The van der Waals surface area contributed by atoms with E-state index < -0.39 is 5.97 Å². The van der Waals surface area contributed by atoms with Crippen LogP contribution in [-0.2, 0) is 6.54 Å². The maximum Gasteiger partial charge on any atom is 0.335 e. The number of hydrogen-bond donors (Lipinski definition) is 1. The summed E-state index contributed by atoms with van der Waals surface area (Å²) in [4.78, 5) is 13.2. The summed E-state index contributed by atoms with van der Waals surface area (Å²) >= 11 is 0. The maximum absolute atomic E-state index is 10.8. The minimum absolute atomic E-state index is 0.365. The van der Waals surface area contributed by atoms with Crippen LogP contribution in [-0.4, -0.2) is 29.1 Å². The van der Waals surface area contributed by atoms with Gasteiger partial charge in [0.1, 0.15) is 0 Å². The molecule has 1 aliphatic heterocycles. The van der Waals surface area contributed by atoms with Crippen LogP contribution in [0.1, 0.15) is 42.1 Å². The molecule has 1 aromatic rings. The number of rotatable bonds is 5. The van der Waals surface area contributed by atoms with Gasteiger partial charge in [0.15, 0.2) is 0 Å². The molecule has 1 atom stereocenters. The highest BCUT2D eigenvalue weighted by molar-refractivity contribution is 5.87. The predicted octanol–water partition coefficient (Wildman–Crippen LogP) is 3.01. The van der Waals surface area contributed by atoms with Crippen molar-refractivity contribution in [1.82, 2.24) is 4.90 Å². The average Bonchev–Trinajstić information content (AvgIpc) is 2.78. The van der Waals surface area contributed by atoms with Crippen LogP contribution < -0.4 is 0 Å². The zero-order valence-electron chi connectivity index (χ0n) is 10.9. The lowest BCUT2D eigenvalue weighted by molar-refractivity contribution is 0.0697. The van der Waals surface area contributed by atoms with Gasteiger partial charge in [0.25, 0.3) is 0 Å². The van der Waals surface area contributed by atoms with Crippen LogP contribution in [0.25, 0.3) is 0 Å². The van der Waals surface area contributed by atoms with Gasteiger partial charge < -0.3 is 5.11 Å². The van der Waals surface area contributed by atoms with E-state index in [0.717, 1.165) is 12.5 Å². The Labute approximate surface area is 108 Å². The largest absolute Gasteiger partial charge is 0.478 e. The van der Waals surface area contributed by atoms with Gasteiger partial charge in [0.05, 0.1) is 5.56 Å². The fourth-order valence-electron chi connectivity index (χ4n) is 2.71. The van der Waals surface area contributed by atoms with E-state index in [1.807, 2.05) is 12.1 Å². The summed E-state index contributed by atoms with van der Waals surface area (Å²) in [5.41, 5.74) is 1.57.